The molecule has 1 aliphatic heterocycles. The molecule has 0 spiro atoms. The quantitative estimate of drug-likeness (QED) is 0.426. The first-order chi connectivity index (χ1) is 17.3. The molecule has 0 bridgehead atoms. The second-order valence-corrected chi connectivity index (χ2v) is 9.77. The fourth-order valence-corrected chi connectivity index (χ4v) is 4.96. The first kappa shape index (κ1) is 25.3. The number of hydrogen-bond donors (Lipinski definition) is 0. The van der Waals surface area contributed by atoms with Crippen molar-refractivity contribution in [1.82, 2.24) is 4.90 Å². The monoisotopic (exact) mass is 514 g/mol. The van der Waals surface area contributed by atoms with Gasteiger partial charge in [-0.15, -0.1) is 0 Å². The number of amides is 1. The number of methoxy groups -OCH3 is 2. The van der Waals surface area contributed by atoms with Crippen molar-refractivity contribution in [2.75, 3.05) is 45.3 Å². The van der Waals surface area contributed by atoms with Gasteiger partial charge in [0.05, 0.1) is 20.6 Å². The first-order valence-electron chi connectivity index (χ1n) is 11.3. The number of rotatable bonds is 8. The van der Waals surface area contributed by atoms with Crippen LogP contribution in [0.25, 0.3) is 0 Å². The van der Waals surface area contributed by atoms with Crippen LogP contribution in [0.3, 0.4) is 0 Å². The van der Waals surface area contributed by atoms with E-state index < -0.39 is 15.9 Å². The summed E-state index contributed by atoms with van der Waals surface area (Å²) in [6.07, 6.45) is 0.270. The van der Waals surface area contributed by atoms with Crippen LogP contribution in [0.4, 0.5) is 10.1 Å². The van der Waals surface area contributed by atoms with E-state index in [1.54, 1.807) is 44.6 Å². The molecule has 3 aromatic rings. The van der Waals surface area contributed by atoms with Crippen LogP contribution in [0, 0.1) is 5.82 Å². The molecule has 36 heavy (non-hydrogen) atoms. The summed E-state index contributed by atoms with van der Waals surface area (Å²) in [6.45, 7) is 2.41. The molecular weight excluding hydrogens is 487 g/mol. The summed E-state index contributed by atoms with van der Waals surface area (Å²) in [7, 11) is -1.01. The Kier molecular flexibility index (Phi) is 7.64. The summed E-state index contributed by atoms with van der Waals surface area (Å²) < 4.78 is 53.9. The summed E-state index contributed by atoms with van der Waals surface area (Å²) in [5.74, 6) is 0.713. The first-order valence-corrected chi connectivity index (χ1v) is 12.7. The lowest BCUT2D eigenvalue weighted by molar-refractivity contribution is -0.130. The lowest BCUT2D eigenvalue weighted by Gasteiger charge is -2.36. The molecule has 0 radical (unpaired) electrons. The van der Waals surface area contributed by atoms with Gasteiger partial charge < -0.3 is 23.5 Å². The third kappa shape index (κ3) is 5.88. The van der Waals surface area contributed by atoms with Crippen molar-refractivity contribution in [2.24, 2.45) is 0 Å². The number of carbonyl (C=O) groups excluding carboxylic acids is 1. The highest BCUT2D eigenvalue weighted by molar-refractivity contribution is 7.87. The minimum atomic E-state index is -4.14. The number of halogens is 1. The predicted octanol–water partition coefficient (Wildman–Crippen LogP) is 3.50. The van der Waals surface area contributed by atoms with Crippen LogP contribution in [-0.4, -0.2) is 59.6 Å². The average Bonchev–Trinajstić information content (AvgIpc) is 2.89. The van der Waals surface area contributed by atoms with Gasteiger partial charge in [-0.2, -0.15) is 8.42 Å². The van der Waals surface area contributed by atoms with Crippen LogP contribution >= 0.6 is 0 Å². The lowest BCUT2D eigenvalue weighted by atomic mass is 10.1. The SMILES string of the molecule is COc1ccc(CC(=O)N2CCN(c3ccc(OS(=O)(=O)c4cccc(F)c4)cc3)CC2)cc1OC. The number of anilines is 1. The molecule has 0 unspecified atom stereocenters. The van der Waals surface area contributed by atoms with E-state index in [0.717, 1.165) is 23.4 Å². The van der Waals surface area contributed by atoms with Crippen molar-refractivity contribution in [3.05, 3.63) is 78.1 Å². The maximum Gasteiger partial charge on any atom is 0.339 e. The van der Waals surface area contributed by atoms with E-state index in [2.05, 4.69) is 4.90 Å². The molecule has 1 saturated heterocycles. The molecule has 0 aromatic heterocycles. The second kappa shape index (κ2) is 10.9. The Morgan fingerprint density at radius 2 is 1.58 bits per heavy atom. The molecule has 1 amide bonds. The van der Waals surface area contributed by atoms with Crippen LogP contribution in [0.15, 0.2) is 71.6 Å². The van der Waals surface area contributed by atoms with Crippen molar-refractivity contribution in [3.8, 4) is 17.2 Å². The number of ether oxygens (including phenoxy) is 2. The van der Waals surface area contributed by atoms with Gasteiger partial charge in [0.15, 0.2) is 11.5 Å². The molecule has 0 N–H and O–H groups in total. The van der Waals surface area contributed by atoms with Crippen molar-refractivity contribution in [1.29, 1.82) is 0 Å². The van der Waals surface area contributed by atoms with Gasteiger partial charge in [0.25, 0.3) is 0 Å². The van der Waals surface area contributed by atoms with Crippen molar-refractivity contribution < 1.29 is 31.3 Å². The summed E-state index contributed by atoms with van der Waals surface area (Å²) in [4.78, 5) is 16.5. The van der Waals surface area contributed by atoms with Gasteiger partial charge in [-0.3, -0.25) is 4.79 Å². The molecular formula is C26H27FN2O6S. The number of piperazine rings is 1. The molecule has 0 atom stereocenters. The molecule has 1 fully saturated rings. The van der Waals surface area contributed by atoms with Crippen molar-refractivity contribution >= 4 is 21.7 Å². The zero-order valence-electron chi connectivity index (χ0n) is 20.0. The summed E-state index contributed by atoms with van der Waals surface area (Å²) >= 11 is 0. The van der Waals surface area contributed by atoms with Crippen LogP contribution in [0.2, 0.25) is 0 Å². The van der Waals surface area contributed by atoms with E-state index in [9.17, 15) is 17.6 Å². The van der Waals surface area contributed by atoms with E-state index in [0.29, 0.717) is 37.7 Å². The fourth-order valence-electron chi connectivity index (χ4n) is 4.00. The molecule has 1 heterocycles. The highest BCUT2D eigenvalue weighted by Gasteiger charge is 2.22. The number of nitrogens with zero attached hydrogens (tertiary/aromatic N) is 2. The average molecular weight is 515 g/mol. The minimum Gasteiger partial charge on any atom is -0.493 e. The Morgan fingerprint density at radius 1 is 0.889 bits per heavy atom. The molecule has 0 saturated carbocycles. The predicted molar refractivity (Wildman–Crippen MR) is 133 cm³/mol. The highest BCUT2D eigenvalue weighted by Crippen LogP contribution is 2.28. The lowest BCUT2D eigenvalue weighted by Crippen LogP contribution is -2.49. The van der Waals surface area contributed by atoms with E-state index in [1.165, 1.54) is 12.1 Å². The van der Waals surface area contributed by atoms with Gasteiger partial charge in [0.2, 0.25) is 5.91 Å². The largest absolute Gasteiger partial charge is 0.493 e. The molecule has 0 aliphatic carbocycles. The van der Waals surface area contributed by atoms with Gasteiger partial charge in [0.1, 0.15) is 16.5 Å². The Bertz CT molecular complexity index is 1320. The third-order valence-electron chi connectivity index (χ3n) is 5.93. The van der Waals surface area contributed by atoms with Gasteiger partial charge in [-0.1, -0.05) is 12.1 Å². The molecule has 3 aromatic carbocycles. The number of carbonyl (C=O) groups is 1. The summed E-state index contributed by atoms with van der Waals surface area (Å²) in [6, 6.07) is 16.8. The Hall–Kier alpha value is -3.79. The zero-order valence-corrected chi connectivity index (χ0v) is 20.8. The third-order valence-corrected chi connectivity index (χ3v) is 7.17. The Labute approximate surface area is 209 Å². The van der Waals surface area contributed by atoms with E-state index in [4.69, 9.17) is 13.7 Å². The maximum absolute atomic E-state index is 13.4. The van der Waals surface area contributed by atoms with Crippen molar-refractivity contribution in [2.45, 2.75) is 11.3 Å². The molecule has 8 nitrogen and oxygen atoms in total. The van der Waals surface area contributed by atoms with Crippen molar-refractivity contribution in [3.63, 3.8) is 0 Å². The Morgan fingerprint density at radius 3 is 2.22 bits per heavy atom. The molecule has 4 rings (SSSR count). The maximum atomic E-state index is 13.4. The molecule has 1 aliphatic rings. The van der Waals surface area contributed by atoms with Crippen LogP contribution < -0.4 is 18.6 Å². The Balaban J connectivity index is 1.32. The fraction of sp³-hybridized carbons (Fsp3) is 0.269. The van der Waals surface area contributed by atoms with Gasteiger partial charge in [0, 0.05) is 31.9 Å². The van der Waals surface area contributed by atoms with E-state index in [-0.39, 0.29) is 23.0 Å². The summed E-state index contributed by atoms with van der Waals surface area (Å²) in [5.41, 5.74) is 1.74. The molecule has 10 heteroatoms. The van der Waals surface area contributed by atoms with Crippen LogP contribution in [0.5, 0.6) is 17.2 Å². The topological polar surface area (TPSA) is 85.4 Å². The second-order valence-electron chi connectivity index (χ2n) is 8.22. The smallest absolute Gasteiger partial charge is 0.339 e. The van der Waals surface area contributed by atoms with E-state index in [1.807, 2.05) is 17.0 Å². The standard InChI is InChI=1S/C26H27FN2O6S/c1-33-24-11-6-19(16-25(24)34-2)17-26(30)29-14-12-28(13-15-29)21-7-9-22(10-8-21)35-36(31,32)23-5-3-4-20(27)18-23/h3-11,16,18H,12-15,17H2,1-2H3. The summed E-state index contributed by atoms with van der Waals surface area (Å²) in [5, 5.41) is 0. The minimum absolute atomic E-state index is 0.0353. The normalized spacial score (nSPS) is 13.9. The van der Waals surface area contributed by atoms with Gasteiger partial charge in [-0.05, 0) is 60.2 Å². The van der Waals surface area contributed by atoms with Gasteiger partial charge >= 0.3 is 10.1 Å². The number of benzene rings is 3. The van der Waals surface area contributed by atoms with Crippen LogP contribution in [0.1, 0.15) is 5.56 Å². The zero-order chi connectivity index (χ0) is 25.7. The number of hydrogen-bond acceptors (Lipinski definition) is 7. The highest BCUT2D eigenvalue weighted by atomic mass is 32.2. The van der Waals surface area contributed by atoms with Crippen LogP contribution in [-0.2, 0) is 21.3 Å². The van der Waals surface area contributed by atoms with E-state index >= 15 is 0 Å². The van der Waals surface area contributed by atoms with Gasteiger partial charge in [-0.25, -0.2) is 4.39 Å². The molecule has 190 valence electrons.